The molecule has 0 saturated carbocycles. The summed E-state index contributed by atoms with van der Waals surface area (Å²) in [5, 5.41) is 30.1. The summed E-state index contributed by atoms with van der Waals surface area (Å²) in [6.45, 7) is 1.32. The molecule has 3 aromatic rings. The van der Waals surface area contributed by atoms with Crippen molar-refractivity contribution in [3.05, 3.63) is 49.1 Å². The Morgan fingerprint density at radius 1 is 1.33 bits per heavy atom. The molecule has 0 aromatic carbocycles. The van der Waals surface area contributed by atoms with Gasteiger partial charge in [-0.3, -0.25) is 9.59 Å². The summed E-state index contributed by atoms with van der Waals surface area (Å²) in [6.07, 6.45) is 3.89. The van der Waals surface area contributed by atoms with E-state index in [0.717, 1.165) is 41.0 Å². The molecule has 1 aliphatic carbocycles. The van der Waals surface area contributed by atoms with Crippen molar-refractivity contribution >= 4 is 34.5 Å². The lowest BCUT2D eigenvalue weighted by atomic mass is 9.78. The van der Waals surface area contributed by atoms with E-state index >= 15 is 0 Å². The Labute approximate surface area is 217 Å². The van der Waals surface area contributed by atoms with Gasteiger partial charge < -0.3 is 15.1 Å². The standard InChI is InChI=1S/C24H28N8O2S2/c1-31(2)22(34)18-12-16-6-5-15-7-11-35-20(15)24(21(16)36-18,23-27-29-30-28-23)8-9-26-14-19(33)32-10-3-4-17(32)13-25/h7,11-12,17,26H,3-6,8-10,14H2,1-2H3,(H,27,28,29,30)/t17-,24?/m0/s1. The van der Waals surface area contributed by atoms with Crippen molar-refractivity contribution in [3.8, 4) is 6.07 Å². The molecule has 2 atom stereocenters. The number of nitriles is 1. The Kier molecular flexibility index (Phi) is 6.87. The smallest absolute Gasteiger partial charge is 0.263 e. The molecule has 3 aromatic heterocycles. The lowest BCUT2D eigenvalue weighted by Crippen LogP contribution is -2.42. The molecule has 12 heteroatoms. The quantitative estimate of drug-likeness (QED) is 0.452. The van der Waals surface area contributed by atoms with Crippen LogP contribution in [0.4, 0.5) is 0 Å². The number of nitrogens with one attached hydrogen (secondary N) is 2. The van der Waals surface area contributed by atoms with Gasteiger partial charge >= 0.3 is 0 Å². The van der Waals surface area contributed by atoms with Crippen molar-refractivity contribution in [2.24, 2.45) is 0 Å². The number of carbonyl (C=O) groups excluding carboxylic acids is 2. The first-order chi connectivity index (χ1) is 17.5. The van der Waals surface area contributed by atoms with E-state index in [1.54, 1.807) is 35.2 Å². The van der Waals surface area contributed by atoms with E-state index in [0.29, 0.717) is 30.2 Å². The van der Waals surface area contributed by atoms with E-state index in [-0.39, 0.29) is 24.4 Å². The number of fused-ring (bicyclic) bond motifs is 2. The Hall–Kier alpha value is -3.14. The van der Waals surface area contributed by atoms with Crippen LogP contribution in [0.3, 0.4) is 0 Å². The Balaban J connectivity index is 1.47. The molecule has 10 nitrogen and oxygen atoms in total. The van der Waals surface area contributed by atoms with Crippen LogP contribution in [-0.4, -0.2) is 82.0 Å². The zero-order valence-electron chi connectivity index (χ0n) is 20.3. The third-order valence-corrected chi connectivity index (χ3v) is 9.46. The highest BCUT2D eigenvalue weighted by molar-refractivity contribution is 7.15. The summed E-state index contributed by atoms with van der Waals surface area (Å²) in [5.74, 6) is 0.487. The second-order valence-electron chi connectivity index (χ2n) is 9.38. The fourth-order valence-electron chi connectivity index (χ4n) is 5.24. The number of amides is 2. The number of aromatic nitrogens is 4. The number of tetrazole rings is 1. The van der Waals surface area contributed by atoms with Gasteiger partial charge in [0.05, 0.1) is 17.5 Å². The average Bonchev–Trinajstić information content (AvgIpc) is 3.68. The van der Waals surface area contributed by atoms with Crippen molar-refractivity contribution in [1.29, 1.82) is 5.26 Å². The number of aryl methyl sites for hydroxylation is 2. The molecule has 4 heterocycles. The average molecular weight is 525 g/mol. The van der Waals surface area contributed by atoms with Gasteiger partial charge in [-0.1, -0.05) is 5.21 Å². The second-order valence-corrected chi connectivity index (χ2v) is 11.3. The number of nitrogens with zero attached hydrogens (tertiary/aromatic N) is 6. The largest absolute Gasteiger partial charge is 0.344 e. The molecule has 1 fully saturated rings. The first kappa shape index (κ1) is 24.5. The highest BCUT2D eigenvalue weighted by Crippen LogP contribution is 2.50. The molecule has 5 rings (SSSR count). The molecule has 1 unspecified atom stereocenters. The number of H-pyrrole nitrogens is 1. The minimum Gasteiger partial charge on any atom is -0.344 e. The number of carbonyl (C=O) groups is 2. The van der Waals surface area contributed by atoms with Crippen molar-refractivity contribution in [2.75, 3.05) is 33.7 Å². The molecule has 1 saturated heterocycles. The van der Waals surface area contributed by atoms with Gasteiger partial charge in [0, 0.05) is 30.4 Å². The van der Waals surface area contributed by atoms with Gasteiger partial charge in [-0.05, 0) is 67.3 Å². The number of aromatic amines is 1. The summed E-state index contributed by atoms with van der Waals surface area (Å²) >= 11 is 3.17. The number of thiophene rings is 2. The fourth-order valence-corrected chi connectivity index (χ4v) is 7.94. The Bertz CT molecular complexity index is 1290. The molecule has 2 N–H and O–H groups in total. The monoisotopic (exact) mass is 524 g/mol. The van der Waals surface area contributed by atoms with Crippen LogP contribution in [0.25, 0.3) is 0 Å². The molecule has 2 aliphatic rings. The highest BCUT2D eigenvalue weighted by Gasteiger charge is 2.47. The highest BCUT2D eigenvalue weighted by atomic mass is 32.1. The predicted molar refractivity (Wildman–Crippen MR) is 136 cm³/mol. The van der Waals surface area contributed by atoms with Gasteiger partial charge in [-0.2, -0.15) is 10.5 Å². The van der Waals surface area contributed by atoms with Crippen LogP contribution in [0, 0.1) is 11.3 Å². The van der Waals surface area contributed by atoms with Gasteiger partial charge in [-0.15, -0.1) is 32.9 Å². The van der Waals surface area contributed by atoms with Gasteiger partial charge in [0.1, 0.15) is 11.5 Å². The van der Waals surface area contributed by atoms with Crippen LogP contribution >= 0.6 is 22.7 Å². The maximum Gasteiger partial charge on any atom is 0.263 e. The zero-order valence-corrected chi connectivity index (χ0v) is 21.9. The van der Waals surface area contributed by atoms with Crippen molar-refractivity contribution in [3.63, 3.8) is 0 Å². The summed E-state index contributed by atoms with van der Waals surface area (Å²) in [4.78, 5) is 31.8. The maximum atomic E-state index is 12.9. The normalized spacial score (nSPS) is 20.9. The van der Waals surface area contributed by atoms with Crippen LogP contribution in [-0.2, 0) is 23.1 Å². The van der Waals surface area contributed by atoms with E-state index in [1.165, 1.54) is 16.9 Å². The molecule has 36 heavy (non-hydrogen) atoms. The van der Waals surface area contributed by atoms with Crippen molar-refractivity contribution in [1.82, 2.24) is 35.7 Å². The molecule has 2 amide bonds. The molecule has 0 radical (unpaired) electrons. The Morgan fingerprint density at radius 2 is 2.17 bits per heavy atom. The second kappa shape index (κ2) is 10.1. The predicted octanol–water partition coefficient (Wildman–Crippen LogP) is 1.95. The summed E-state index contributed by atoms with van der Waals surface area (Å²) < 4.78 is 0. The van der Waals surface area contributed by atoms with Crippen LogP contribution < -0.4 is 5.32 Å². The molecular weight excluding hydrogens is 496 g/mol. The van der Waals surface area contributed by atoms with Gasteiger partial charge in [0.25, 0.3) is 5.91 Å². The lowest BCUT2D eigenvalue weighted by Gasteiger charge is -2.30. The van der Waals surface area contributed by atoms with Crippen LogP contribution in [0.2, 0.25) is 0 Å². The number of hydrogen-bond acceptors (Lipinski definition) is 9. The van der Waals surface area contributed by atoms with E-state index in [4.69, 9.17) is 0 Å². The topological polar surface area (TPSA) is 131 Å². The van der Waals surface area contributed by atoms with Crippen molar-refractivity contribution < 1.29 is 9.59 Å². The number of likely N-dealkylation sites (tertiary alicyclic amines) is 1. The van der Waals surface area contributed by atoms with E-state index < -0.39 is 5.41 Å². The first-order valence-electron chi connectivity index (χ1n) is 12.0. The fraction of sp³-hybridized carbons (Fsp3) is 0.500. The number of rotatable bonds is 7. The summed E-state index contributed by atoms with van der Waals surface area (Å²) in [6, 6.07) is 6.07. The summed E-state index contributed by atoms with van der Waals surface area (Å²) in [5.41, 5.74) is 1.69. The summed E-state index contributed by atoms with van der Waals surface area (Å²) in [7, 11) is 3.52. The third-order valence-electron chi connectivity index (χ3n) is 7.01. The van der Waals surface area contributed by atoms with E-state index in [1.807, 2.05) is 6.07 Å². The first-order valence-corrected chi connectivity index (χ1v) is 13.7. The van der Waals surface area contributed by atoms with Crippen LogP contribution in [0.1, 0.15) is 55.6 Å². The maximum absolute atomic E-state index is 12.9. The van der Waals surface area contributed by atoms with Gasteiger partial charge in [0.15, 0.2) is 5.82 Å². The lowest BCUT2D eigenvalue weighted by molar-refractivity contribution is -0.130. The van der Waals surface area contributed by atoms with E-state index in [2.05, 4.69) is 43.5 Å². The zero-order chi connectivity index (χ0) is 25.3. The van der Waals surface area contributed by atoms with Gasteiger partial charge in [-0.25, -0.2) is 0 Å². The van der Waals surface area contributed by atoms with Crippen LogP contribution in [0.15, 0.2) is 17.5 Å². The van der Waals surface area contributed by atoms with E-state index in [9.17, 15) is 14.9 Å². The molecular formula is C24H28N8O2S2. The third kappa shape index (κ3) is 4.21. The molecule has 0 spiro atoms. The molecule has 0 bridgehead atoms. The Morgan fingerprint density at radius 3 is 2.92 bits per heavy atom. The van der Waals surface area contributed by atoms with Crippen LogP contribution in [0.5, 0.6) is 0 Å². The van der Waals surface area contributed by atoms with Crippen molar-refractivity contribution in [2.45, 2.75) is 43.6 Å². The molecule has 1 aliphatic heterocycles. The van der Waals surface area contributed by atoms with Gasteiger partial charge in [0.2, 0.25) is 5.91 Å². The minimum absolute atomic E-state index is 0.0251. The SMILES string of the molecule is CN(C)C(=O)c1cc2c(s1)C(CCNCC(=O)N1CCC[C@H]1C#N)(c1nn[nH]n1)c1sccc1CC2. The number of hydrogen-bond donors (Lipinski definition) is 2. The molecule has 188 valence electrons. The minimum atomic E-state index is -0.684.